The van der Waals surface area contributed by atoms with Gasteiger partial charge in [-0.3, -0.25) is 5.32 Å². The van der Waals surface area contributed by atoms with Gasteiger partial charge in [0.25, 0.3) is 0 Å². The van der Waals surface area contributed by atoms with Crippen LogP contribution in [0, 0.1) is 23.1 Å². The van der Waals surface area contributed by atoms with Crippen LogP contribution >= 0.6 is 0 Å². The summed E-state index contributed by atoms with van der Waals surface area (Å²) in [5.74, 6) is -0.304. The van der Waals surface area contributed by atoms with Crippen LogP contribution in [0.5, 0.6) is 5.75 Å². The Morgan fingerprint density at radius 2 is 2.12 bits per heavy atom. The van der Waals surface area contributed by atoms with Crippen LogP contribution in [0.25, 0.3) is 0 Å². The summed E-state index contributed by atoms with van der Waals surface area (Å²) in [7, 11) is 0. The molecule has 1 aromatic rings. The first kappa shape index (κ1) is 12.5. The first-order chi connectivity index (χ1) is 7.52. The van der Waals surface area contributed by atoms with E-state index >= 15 is 0 Å². The van der Waals surface area contributed by atoms with E-state index in [1.165, 1.54) is 12.1 Å². The summed E-state index contributed by atoms with van der Waals surface area (Å²) in [5, 5.41) is 21.2. The maximum atomic E-state index is 13.0. The molecule has 16 heavy (non-hydrogen) atoms. The van der Waals surface area contributed by atoms with E-state index in [2.05, 4.69) is 5.32 Å². The molecule has 0 aliphatic heterocycles. The zero-order chi connectivity index (χ0) is 12.1. The Bertz CT molecular complexity index is 378. The number of aromatic hydroxyl groups is 1. The Balaban J connectivity index is 2.83. The van der Waals surface area contributed by atoms with E-state index in [1.54, 1.807) is 0 Å². The number of nitriles is 1. The standard InChI is InChI=1S/C12H15FN2O/c1-8(2)7-15-12(6-14)9-3-10(13)5-11(16)4-9/h3-5,8,12,15-16H,7H2,1-2H3. The Hall–Kier alpha value is -1.60. The normalized spacial score (nSPS) is 12.4. The maximum Gasteiger partial charge on any atom is 0.127 e. The van der Waals surface area contributed by atoms with Crippen LogP contribution in [0.4, 0.5) is 4.39 Å². The minimum absolute atomic E-state index is 0.165. The molecule has 4 heteroatoms. The van der Waals surface area contributed by atoms with Crippen molar-refractivity contribution in [3.05, 3.63) is 29.6 Å². The molecule has 86 valence electrons. The summed E-state index contributed by atoms with van der Waals surface area (Å²) >= 11 is 0. The molecule has 0 radical (unpaired) electrons. The predicted molar refractivity (Wildman–Crippen MR) is 59.3 cm³/mol. The Morgan fingerprint density at radius 1 is 1.44 bits per heavy atom. The van der Waals surface area contributed by atoms with Crippen LogP contribution in [0.15, 0.2) is 18.2 Å². The lowest BCUT2D eigenvalue weighted by molar-refractivity contribution is 0.465. The lowest BCUT2D eigenvalue weighted by Crippen LogP contribution is -2.24. The third kappa shape index (κ3) is 3.52. The van der Waals surface area contributed by atoms with Crippen molar-refractivity contribution in [2.45, 2.75) is 19.9 Å². The second kappa shape index (κ2) is 5.47. The van der Waals surface area contributed by atoms with E-state index in [1.807, 2.05) is 19.9 Å². The third-order valence-corrected chi connectivity index (χ3v) is 2.10. The van der Waals surface area contributed by atoms with Crippen LogP contribution < -0.4 is 5.32 Å². The van der Waals surface area contributed by atoms with Crippen LogP contribution in [0.2, 0.25) is 0 Å². The molecule has 0 bridgehead atoms. The fourth-order valence-corrected chi connectivity index (χ4v) is 1.35. The molecule has 0 aliphatic rings. The number of nitrogens with zero attached hydrogens (tertiary/aromatic N) is 1. The Labute approximate surface area is 94.5 Å². The molecule has 0 spiro atoms. The van der Waals surface area contributed by atoms with Crippen molar-refractivity contribution in [3.63, 3.8) is 0 Å². The zero-order valence-corrected chi connectivity index (χ0v) is 9.37. The summed E-state index contributed by atoms with van der Waals surface area (Å²) in [6.07, 6.45) is 0. The molecule has 0 heterocycles. The highest BCUT2D eigenvalue weighted by Gasteiger charge is 2.12. The number of rotatable bonds is 4. The predicted octanol–water partition coefficient (Wildman–Crippen LogP) is 2.34. The molecule has 0 fully saturated rings. The van der Waals surface area contributed by atoms with E-state index in [4.69, 9.17) is 5.26 Å². The highest BCUT2D eigenvalue weighted by atomic mass is 19.1. The molecular weight excluding hydrogens is 207 g/mol. The van der Waals surface area contributed by atoms with Gasteiger partial charge < -0.3 is 5.11 Å². The van der Waals surface area contributed by atoms with Gasteiger partial charge in [-0.05, 0) is 30.2 Å². The Kier molecular flexibility index (Phi) is 4.27. The second-order valence-corrected chi connectivity index (χ2v) is 4.11. The second-order valence-electron chi connectivity index (χ2n) is 4.11. The number of nitrogens with one attached hydrogen (secondary N) is 1. The number of phenols is 1. The molecular formula is C12H15FN2O. The minimum atomic E-state index is -0.594. The fourth-order valence-electron chi connectivity index (χ4n) is 1.35. The zero-order valence-electron chi connectivity index (χ0n) is 9.37. The van der Waals surface area contributed by atoms with Crippen LogP contribution in [-0.4, -0.2) is 11.7 Å². The number of hydrogen-bond donors (Lipinski definition) is 2. The van der Waals surface area contributed by atoms with Gasteiger partial charge in [0.15, 0.2) is 0 Å². The first-order valence-electron chi connectivity index (χ1n) is 5.15. The van der Waals surface area contributed by atoms with Gasteiger partial charge in [-0.15, -0.1) is 0 Å². The van der Waals surface area contributed by atoms with E-state index in [9.17, 15) is 9.50 Å². The number of halogens is 1. The molecule has 1 atom stereocenters. The van der Waals surface area contributed by atoms with Crippen LogP contribution in [0.3, 0.4) is 0 Å². The van der Waals surface area contributed by atoms with Gasteiger partial charge in [0.2, 0.25) is 0 Å². The average molecular weight is 222 g/mol. The summed E-state index contributed by atoms with van der Waals surface area (Å²) in [6.45, 7) is 4.70. The summed E-state index contributed by atoms with van der Waals surface area (Å²) < 4.78 is 13.0. The smallest absolute Gasteiger partial charge is 0.127 e. The first-order valence-corrected chi connectivity index (χ1v) is 5.15. The maximum absolute atomic E-state index is 13.0. The number of benzene rings is 1. The average Bonchev–Trinajstić information content (AvgIpc) is 2.16. The van der Waals surface area contributed by atoms with Gasteiger partial charge in [0.1, 0.15) is 17.6 Å². The van der Waals surface area contributed by atoms with E-state index in [0.717, 1.165) is 6.07 Å². The molecule has 3 nitrogen and oxygen atoms in total. The topological polar surface area (TPSA) is 56.0 Å². The van der Waals surface area contributed by atoms with Crippen molar-refractivity contribution in [2.75, 3.05) is 6.54 Å². The largest absolute Gasteiger partial charge is 0.508 e. The van der Waals surface area contributed by atoms with Gasteiger partial charge in [0, 0.05) is 6.07 Å². The molecule has 1 aromatic carbocycles. The SMILES string of the molecule is CC(C)CNC(C#N)c1cc(O)cc(F)c1. The Morgan fingerprint density at radius 3 is 2.62 bits per heavy atom. The molecule has 2 N–H and O–H groups in total. The lowest BCUT2D eigenvalue weighted by atomic mass is 10.1. The fraction of sp³-hybridized carbons (Fsp3) is 0.417. The highest BCUT2D eigenvalue weighted by Crippen LogP contribution is 2.20. The van der Waals surface area contributed by atoms with Gasteiger partial charge in [0.05, 0.1) is 6.07 Å². The monoisotopic (exact) mass is 222 g/mol. The lowest BCUT2D eigenvalue weighted by Gasteiger charge is -2.13. The summed E-state index contributed by atoms with van der Waals surface area (Å²) in [5.41, 5.74) is 0.445. The van der Waals surface area contributed by atoms with Gasteiger partial charge in [-0.2, -0.15) is 5.26 Å². The minimum Gasteiger partial charge on any atom is -0.508 e. The molecule has 0 aromatic heterocycles. The summed E-state index contributed by atoms with van der Waals surface area (Å²) in [6, 6.07) is 5.10. The highest BCUT2D eigenvalue weighted by molar-refractivity contribution is 5.33. The van der Waals surface area contributed by atoms with Crippen molar-refractivity contribution >= 4 is 0 Å². The van der Waals surface area contributed by atoms with Crippen molar-refractivity contribution in [1.29, 1.82) is 5.26 Å². The van der Waals surface area contributed by atoms with Crippen LogP contribution in [-0.2, 0) is 0 Å². The molecule has 1 unspecified atom stereocenters. The molecule has 0 aliphatic carbocycles. The molecule has 0 amide bonds. The van der Waals surface area contributed by atoms with E-state index in [-0.39, 0.29) is 5.75 Å². The van der Waals surface area contributed by atoms with Crippen molar-refractivity contribution in [3.8, 4) is 11.8 Å². The molecule has 1 rings (SSSR count). The van der Waals surface area contributed by atoms with Gasteiger partial charge in [-0.25, -0.2) is 4.39 Å². The van der Waals surface area contributed by atoms with Crippen molar-refractivity contribution in [1.82, 2.24) is 5.32 Å². The number of hydrogen-bond acceptors (Lipinski definition) is 3. The van der Waals surface area contributed by atoms with E-state index in [0.29, 0.717) is 18.0 Å². The third-order valence-electron chi connectivity index (χ3n) is 2.10. The van der Waals surface area contributed by atoms with Gasteiger partial charge in [-0.1, -0.05) is 13.8 Å². The molecule has 0 saturated carbocycles. The quantitative estimate of drug-likeness (QED) is 0.822. The van der Waals surface area contributed by atoms with Gasteiger partial charge >= 0.3 is 0 Å². The van der Waals surface area contributed by atoms with E-state index < -0.39 is 11.9 Å². The van der Waals surface area contributed by atoms with Crippen LogP contribution in [0.1, 0.15) is 25.5 Å². The number of phenolic OH excluding ortho intramolecular Hbond substituents is 1. The summed E-state index contributed by atoms with van der Waals surface area (Å²) in [4.78, 5) is 0. The molecule has 0 saturated heterocycles. The van der Waals surface area contributed by atoms with Crippen molar-refractivity contribution < 1.29 is 9.50 Å². The van der Waals surface area contributed by atoms with Crippen molar-refractivity contribution in [2.24, 2.45) is 5.92 Å².